The first-order valence-electron chi connectivity index (χ1n) is 7.07. The van der Waals surface area contributed by atoms with Crippen molar-refractivity contribution in [2.24, 2.45) is 11.3 Å². The van der Waals surface area contributed by atoms with Gasteiger partial charge in [-0.2, -0.15) is 0 Å². The fraction of sp³-hybridized carbons (Fsp3) is 0.562. The molecule has 1 aliphatic rings. The normalized spacial score (nSPS) is 19.9. The van der Waals surface area contributed by atoms with E-state index in [1.165, 1.54) is 6.42 Å². The number of aryl methyl sites for hydroxylation is 1. The maximum absolute atomic E-state index is 12.2. The average molecular weight is 260 g/mol. The second-order valence-corrected chi connectivity index (χ2v) is 6.18. The van der Waals surface area contributed by atoms with Crippen LogP contribution in [0.1, 0.15) is 43.1 Å². The molecule has 0 heterocycles. The zero-order chi connectivity index (χ0) is 14.0. The van der Waals surface area contributed by atoms with Gasteiger partial charge in [-0.15, -0.1) is 0 Å². The van der Waals surface area contributed by atoms with Crippen LogP contribution in [0, 0.1) is 18.3 Å². The minimum Gasteiger partial charge on any atom is -0.385 e. The molecule has 0 saturated heterocycles. The van der Waals surface area contributed by atoms with E-state index >= 15 is 0 Å². The van der Waals surface area contributed by atoms with Gasteiger partial charge in [-0.25, -0.2) is 0 Å². The van der Waals surface area contributed by atoms with Crippen molar-refractivity contribution in [3.8, 4) is 0 Å². The zero-order valence-electron chi connectivity index (χ0n) is 12.3. The summed E-state index contributed by atoms with van der Waals surface area (Å²) < 4.78 is 0. The minimum atomic E-state index is 0.0265. The average Bonchev–Trinajstić information content (AvgIpc) is 2.95. The fourth-order valence-corrected chi connectivity index (χ4v) is 2.43. The second kappa shape index (κ2) is 5.24. The molecule has 1 aliphatic carbocycles. The highest BCUT2D eigenvalue weighted by Crippen LogP contribution is 2.50. The molecule has 0 aliphatic heterocycles. The van der Waals surface area contributed by atoms with Gasteiger partial charge in [0.2, 0.25) is 0 Å². The standard InChI is InChI=1S/C16H24N2O/c1-5-17-14-8-11(2)6-7-13(14)15(19)18-10-12-9-16(12,3)4/h6-8,12,17H,5,9-10H2,1-4H3,(H,18,19). The largest absolute Gasteiger partial charge is 0.385 e. The lowest BCUT2D eigenvalue weighted by atomic mass is 10.1. The summed E-state index contributed by atoms with van der Waals surface area (Å²) in [4.78, 5) is 12.2. The van der Waals surface area contributed by atoms with Crippen LogP contribution in [0.4, 0.5) is 5.69 Å². The predicted octanol–water partition coefficient (Wildman–Crippen LogP) is 3.20. The Balaban J connectivity index is 2.02. The molecule has 1 saturated carbocycles. The first kappa shape index (κ1) is 13.9. The van der Waals surface area contributed by atoms with Crippen molar-refractivity contribution in [3.63, 3.8) is 0 Å². The number of nitrogens with one attached hydrogen (secondary N) is 2. The van der Waals surface area contributed by atoms with E-state index in [0.29, 0.717) is 11.3 Å². The molecule has 0 aromatic heterocycles. The zero-order valence-corrected chi connectivity index (χ0v) is 12.3. The predicted molar refractivity (Wildman–Crippen MR) is 79.6 cm³/mol. The number of carbonyl (C=O) groups excluding carboxylic acids is 1. The Morgan fingerprint density at radius 2 is 2.11 bits per heavy atom. The fourth-order valence-electron chi connectivity index (χ4n) is 2.43. The van der Waals surface area contributed by atoms with Crippen molar-refractivity contribution in [1.29, 1.82) is 0 Å². The van der Waals surface area contributed by atoms with Gasteiger partial charge in [-0.1, -0.05) is 19.9 Å². The van der Waals surface area contributed by atoms with Crippen molar-refractivity contribution in [3.05, 3.63) is 29.3 Å². The van der Waals surface area contributed by atoms with Crippen LogP contribution in [0.15, 0.2) is 18.2 Å². The van der Waals surface area contributed by atoms with Gasteiger partial charge in [0.25, 0.3) is 5.91 Å². The number of carbonyl (C=O) groups is 1. The summed E-state index contributed by atoms with van der Waals surface area (Å²) in [6, 6.07) is 5.91. The van der Waals surface area contributed by atoms with Crippen molar-refractivity contribution < 1.29 is 4.79 Å². The maximum atomic E-state index is 12.2. The third-order valence-corrected chi connectivity index (χ3v) is 4.01. The van der Waals surface area contributed by atoms with Crippen LogP contribution >= 0.6 is 0 Å². The van der Waals surface area contributed by atoms with Gasteiger partial charge in [0.15, 0.2) is 0 Å². The van der Waals surface area contributed by atoms with Crippen LogP contribution in [0.3, 0.4) is 0 Å². The van der Waals surface area contributed by atoms with E-state index in [4.69, 9.17) is 0 Å². The minimum absolute atomic E-state index is 0.0265. The van der Waals surface area contributed by atoms with E-state index in [1.807, 2.05) is 32.0 Å². The number of rotatable bonds is 5. The Kier molecular flexibility index (Phi) is 3.83. The lowest BCUT2D eigenvalue weighted by molar-refractivity contribution is 0.0951. The van der Waals surface area contributed by atoms with Crippen molar-refractivity contribution >= 4 is 11.6 Å². The van der Waals surface area contributed by atoms with Crippen molar-refractivity contribution in [2.75, 3.05) is 18.4 Å². The van der Waals surface area contributed by atoms with Crippen LogP contribution in [0.2, 0.25) is 0 Å². The topological polar surface area (TPSA) is 41.1 Å². The lowest BCUT2D eigenvalue weighted by Gasteiger charge is -2.12. The van der Waals surface area contributed by atoms with Crippen LogP contribution in [0.5, 0.6) is 0 Å². The molecule has 0 spiro atoms. The SMILES string of the molecule is CCNc1cc(C)ccc1C(=O)NCC1CC1(C)C. The van der Waals surface area contributed by atoms with E-state index in [1.54, 1.807) is 0 Å². The third kappa shape index (κ3) is 3.28. The number of hydrogen-bond donors (Lipinski definition) is 2. The third-order valence-electron chi connectivity index (χ3n) is 4.01. The van der Waals surface area contributed by atoms with Crippen molar-refractivity contribution in [1.82, 2.24) is 5.32 Å². The van der Waals surface area contributed by atoms with Gasteiger partial charge in [0, 0.05) is 18.8 Å². The van der Waals surface area contributed by atoms with Gasteiger partial charge in [-0.05, 0) is 49.3 Å². The highest BCUT2D eigenvalue weighted by molar-refractivity contribution is 5.99. The number of benzene rings is 1. The van der Waals surface area contributed by atoms with Gasteiger partial charge in [-0.3, -0.25) is 4.79 Å². The quantitative estimate of drug-likeness (QED) is 0.853. The second-order valence-electron chi connectivity index (χ2n) is 6.18. The van der Waals surface area contributed by atoms with Gasteiger partial charge in [0.1, 0.15) is 0 Å². The van der Waals surface area contributed by atoms with E-state index in [2.05, 4.69) is 24.5 Å². The molecule has 104 valence electrons. The van der Waals surface area contributed by atoms with Gasteiger partial charge in [0.05, 0.1) is 5.56 Å². The molecule has 0 radical (unpaired) electrons. The molecule has 3 nitrogen and oxygen atoms in total. The maximum Gasteiger partial charge on any atom is 0.253 e. The van der Waals surface area contributed by atoms with Crippen molar-refractivity contribution in [2.45, 2.75) is 34.1 Å². The Labute approximate surface area is 115 Å². The van der Waals surface area contributed by atoms with Gasteiger partial charge < -0.3 is 10.6 Å². The molecule has 3 heteroatoms. The van der Waals surface area contributed by atoms with E-state index in [-0.39, 0.29) is 5.91 Å². The van der Waals surface area contributed by atoms with E-state index in [9.17, 15) is 4.79 Å². The number of amides is 1. The lowest BCUT2D eigenvalue weighted by Crippen LogP contribution is -2.27. The molecule has 19 heavy (non-hydrogen) atoms. The molecular formula is C16H24N2O. The summed E-state index contributed by atoms with van der Waals surface area (Å²) in [7, 11) is 0. The molecule has 1 atom stereocenters. The number of anilines is 1. The summed E-state index contributed by atoms with van der Waals surface area (Å²) >= 11 is 0. The van der Waals surface area contributed by atoms with E-state index in [0.717, 1.165) is 29.9 Å². The summed E-state index contributed by atoms with van der Waals surface area (Å²) in [5.41, 5.74) is 3.24. The molecular weight excluding hydrogens is 236 g/mol. The molecule has 1 fully saturated rings. The summed E-state index contributed by atoms with van der Waals surface area (Å²) in [6.07, 6.45) is 1.21. The summed E-state index contributed by atoms with van der Waals surface area (Å²) in [5.74, 6) is 0.656. The highest BCUT2D eigenvalue weighted by Gasteiger charge is 2.45. The molecule has 1 aromatic carbocycles. The molecule has 1 amide bonds. The molecule has 1 unspecified atom stereocenters. The first-order valence-corrected chi connectivity index (χ1v) is 7.07. The molecule has 0 bridgehead atoms. The van der Waals surface area contributed by atoms with Crippen LogP contribution < -0.4 is 10.6 Å². The Hall–Kier alpha value is -1.51. The monoisotopic (exact) mass is 260 g/mol. The van der Waals surface area contributed by atoms with Gasteiger partial charge >= 0.3 is 0 Å². The summed E-state index contributed by atoms with van der Waals surface area (Å²) in [5, 5.41) is 6.31. The Morgan fingerprint density at radius 1 is 1.42 bits per heavy atom. The molecule has 1 aromatic rings. The molecule has 2 rings (SSSR count). The van der Waals surface area contributed by atoms with Crippen LogP contribution in [-0.2, 0) is 0 Å². The number of hydrogen-bond acceptors (Lipinski definition) is 2. The van der Waals surface area contributed by atoms with Crippen LogP contribution in [-0.4, -0.2) is 19.0 Å². The van der Waals surface area contributed by atoms with E-state index < -0.39 is 0 Å². The van der Waals surface area contributed by atoms with Crippen LogP contribution in [0.25, 0.3) is 0 Å². The Morgan fingerprint density at radius 3 is 2.68 bits per heavy atom. The summed E-state index contributed by atoms with van der Waals surface area (Å²) in [6.45, 7) is 10.2. The molecule has 2 N–H and O–H groups in total. The Bertz CT molecular complexity index is 480. The first-order chi connectivity index (χ1) is 8.94. The highest BCUT2D eigenvalue weighted by atomic mass is 16.1. The smallest absolute Gasteiger partial charge is 0.253 e.